The van der Waals surface area contributed by atoms with Gasteiger partial charge in [-0.05, 0) is 6.42 Å². The summed E-state index contributed by atoms with van der Waals surface area (Å²) >= 11 is 0. The lowest BCUT2D eigenvalue weighted by Gasteiger charge is -1.89. The molecule has 0 fully saturated rings. The minimum absolute atomic E-state index is 0.327. The van der Waals surface area contributed by atoms with Crippen LogP contribution in [0.15, 0.2) is 0 Å². The van der Waals surface area contributed by atoms with Gasteiger partial charge < -0.3 is 15.5 Å². The Kier molecular flexibility index (Phi) is 11.8. The Hall–Kier alpha value is -1.26. The molecule has 0 aliphatic carbocycles. The number of aliphatic carboxylic acids is 1. The van der Waals surface area contributed by atoms with Gasteiger partial charge in [0.2, 0.25) is 0 Å². The molecule has 0 aliphatic rings. The third kappa shape index (κ3) is 24.9. The van der Waals surface area contributed by atoms with Crippen LogP contribution in [0.3, 0.4) is 0 Å². The summed E-state index contributed by atoms with van der Waals surface area (Å²) in [5.41, 5.74) is 0. The maximum absolute atomic E-state index is 9.87. The second-order valence-electron chi connectivity index (χ2n) is 2.41. The van der Waals surface area contributed by atoms with Gasteiger partial charge in [0.1, 0.15) is 0 Å². The topological polar surface area (TPSA) is 86.6 Å². The summed E-state index contributed by atoms with van der Waals surface area (Å²) in [6, 6.07) is 0. The van der Waals surface area contributed by atoms with Gasteiger partial charge in [-0.3, -0.25) is 4.79 Å². The van der Waals surface area contributed by atoms with Gasteiger partial charge in [0.25, 0.3) is 0 Å². The average molecular weight is 191 g/mol. The van der Waals surface area contributed by atoms with E-state index in [1.165, 1.54) is 7.05 Å². The molecular formula is C8H17NO4. The summed E-state index contributed by atoms with van der Waals surface area (Å²) in [5, 5.41) is 17.7. The largest absolute Gasteiger partial charge is 0.481 e. The SMILES string of the molecule is CCCCCC(=O)O.CNC(=O)O. The van der Waals surface area contributed by atoms with Crippen molar-refractivity contribution in [3.05, 3.63) is 0 Å². The lowest BCUT2D eigenvalue weighted by Crippen LogP contribution is -2.13. The number of nitrogens with one attached hydrogen (secondary N) is 1. The Bertz CT molecular complexity index is 147. The summed E-state index contributed by atoms with van der Waals surface area (Å²) in [6.07, 6.45) is 2.28. The number of hydrogen-bond donors (Lipinski definition) is 3. The third-order valence-electron chi connectivity index (χ3n) is 1.21. The average Bonchev–Trinajstić information content (AvgIpc) is 2.05. The van der Waals surface area contributed by atoms with E-state index in [1.807, 2.05) is 5.32 Å². The number of rotatable bonds is 4. The van der Waals surface area contributed by atoms with Crippen LogP contribution < -0.4 is 5.32 Å². The highest BCUT2D eigenvalue weighted by Gasteiger charge is 1.92. The molecule has 0 bridgehead atoms. The molecule has 0 aromatic heterocycles. The van der Waals surface area contributed by atoms with Crippen LogP contribution in [0.4, 0.5) is 4.79 Å². The van der Waals surface area contributed by atoms with Crippen LogP contribution in [0.5, 0.6) is 0 Å². The van der Waals surface area contributed by atoms with Gasteiger partial charge in [0.15, 0.2) is 0 Å². The standard InChI is InChI=1S/C6H12O2.C2H5NO2/c1-2-3-4-5-6(7)8;1-3-2(4)5/h2-5H2,1H3,(H,7,8);3H,1H3,(H,4,5). The lowest BCUT2D eigenvalue weighted by atomic mass is 10.2. The molecule has 0 saturated carbocycles. The molecule has 0 aromatic carbocycles. The molecule has 0 atom stereocenters. The van der Waals surface area contributed by atoms with Crippen molar-refractivity contribution >= 4 is 12.1 Å². The number of hydrogen-bond acceptors (Lipinski definition) is 2. The van der Waals surface area contributed by atoms with Crippen molar-refractivity contribution < 1.29 is 19.8 Å². The van der Waals surface area contributed by atoms with Gasteiger partial charge in [0.05, 0.1) is 0 Å². The minimum Gasteiger partial charge on any atom is -0.481 e. The Morgan fingerprint density at radius 1 is 1.23 bits per heavy atom. The zero-order chi connectivity index (χ0) is 10.7. The summed E-state index contributed by atoms with van der Waals surface area (Å²) < 4.78 is 0. The molecule has 13 heavy (non-hydrogen) atoms. The van der Waals surface area contributed by atoms with Crippen LogP contribution in [0.2, 0.25) is 0 Å². The first-order valence-electron chi connectivity index (χ1n) is 4.17. The van der Waals surface area contributed by atoms with Crippen LogP contribution in [-0.2, 0) is 4.79 Å². The fourth-order valence-electron chi connectivity index (χ4n) is 0.526. The summed E-state index contributed by atoms with van der Waals surface area (Å²) in [5.74, 6) is -0.682. The van der Waals surface area contributed by atoms with Crippen LogP contribution >= 0.6 is 0 Å². The van der Waals surface area contributed by atoms with E-state index in [4.69, 9.17) is 10.2 Å². The molecule has 0 saturated heterocycles. The van der Waals surface area contributed by atoms with Crippen molar-refractivity contribution in [2.75, 3.05) is 7.05 Å². The minimum atomic E-state index is -0.995. The van der Waals surface area contributed by atoms with E-state index in [1.54, 1.807) is 0 Å². The van der Waals surface area contributed by atoms with Crippen molar-refractivity contribution in [3.8, 4) is 0 Å². The molecule has 0 heterocycles. The molecule has 0 unspecified atom stereocenters. The predicted molar refractivity (Wildman–Crippen MR) is 48.9 cm³/mol. The molecule has 0 rings (SSSR count). The highest BCUT2D eigenvalue weighted by molar-refractivity contribution is 5.66. The van der Waals surface area contributed by atoms with Gasteiger partial charge in [-0.2, -0.15) is 0 Å². The van der Waals surface area contributed by atoms with Gasteiger partial charge >= 0.3 is 12.1 Å². The molecule has 0 aliphatic heterocycles. The van der Waals surface area contributed by atoms with E-state index in [2.05, 4.69) is 6.92 Å². The first-order valence-corrected chi connectivity index (χ1v) is 4.17. The van der Waals surface area contributed by atoms with Crippen molar-refractivity contribution in [2.45, 2.75) is 32.6 Å². The number of unbranched alkanes of at least 4 members (excludes halogenated alkanes) is 2. The van der Waals surface area contributed by atoms with E-state index >= 15 is 0 Å². The van der Waals surface area contributed by atoms with Crippen LogP contribution in [0.1, 0.15) is 32.6 Å². The normalized spacial score (nSPS) is 8.15. The van der Waals surface area contributed by atoms with Crippen LogP contribution in [-0.4, -0.2) is 29.3 Å². The quantitative estimate of drug-likeness (QED) is 0.588. The predicted octanol–water partition coefficient (Wildman–Crippen LogP) is 1.54. The molecule has 0 radical (unpaired) electrons. The van der Waals surface area contributed by atoms with Gasteiger partial charge in [-0.25, -0.2) is 4.79 Å². The Balaban J connectivity index is 0. The molecule has 5 nitrogen and oxygen atoms in total. The highest BCUT2D eigenvalue weighted by Crippen LogP contribution is 1.97. The van der Waals surface area contributed by atoms with Crippen molar-refractivity contribution in [2.24, 2.45) is 0 Å². The molecule has 0 aromatic rings. The van der Waals surface area contributed by atoms with E-state index < -0.39 is 12.1 Å². The molecular weight excluding hydrogens is 174 g/mol. The Labute approximate surface area is 77.8 Å². The van der Waals surface area contributed by atoms with Gasteiger partial charge in [0, 0.05) is 13.5 Å². The van der Waals surface area contributed by atoms with Crippen LogP contribution in [0, 0.1) is 0 Å². The maximum atomic E-state index is 9.87. The number of carboxylic acids is 1. The Morgan fingerprint density at radius 2 is 1.69 bits per heavy atom. The monoisotopic (exact) mass is 191 g/mol. The van der Waals surface area contributed by atoms with Crippen molar-refractivity contribution in [3.63, 3.8) is 0 Å². The molecule has 3 N–H and O–H groups in total. The molecule has 0 spiro atoms. The highest BCUT2D eigenvalue weighted by atomic mass is 16.4. The van der Waals surface area contributed by atoms with E-state index in [0.717, 1.165) is 19.3 Å². The number of amides is 1. The van der Waals surface area contributed by atoms with Gasteiger partial charge in [-0.15, -0.1) is 0 Å². The summed E-state index contributed by atoms with van der Waals surface area (Å²) in [6.45, 7) is 2.06. The van der Waals surface area contributed by atoms with Gasteiger partial charge in [-0.1, -0.05) is 19.8 Å². The van der Waals surface area contributed by atoms with Crippen molar-refractivity contribution in [1.82, 2.24) is 5.32 Å². The van der Waals surface area contributed by atoms with E-state index in [0.29, 0.717) is 6.42 Å². The summed E-state index contributed by atoms with van der Waals surface area (Å²) in [7, 11) is 1.35. The van der Waals surface area contributed by atoms with E-state index in [-0.39, 0.29) is 0 Å². The number of carbonyl (C=O) groups is 2. The fraction of sp³-hybridized carbons (Fsp3) is 0.750. The Morgan fingerprint density at radius 3 is 1.92 bits per heavy atom. The summed E-state index contributed by atoms with van der Waals surface area (Å²) in [4.78, 5) is 19.1. The second-order valence-corrected chi connectivity index (χ2v) is 2.41. The number of carboxylic acid groups (broad SMARTS) is 2. The molecule has 5 heteroatoms. The van der Waals surface area contributed by atoms with Crippen molar-refractivity contribution in [1.29, 1.82) is 0 Å². The smallest absolute Gasteiger partial charge is 0.404 e. The second kappa shape index (κ2) is 10.7. The lowest BCUT2D eigenvalue weighted by molar-refractivity contribution is -0.137. The molecule has 78 valence electrons. The van der Waals surface area contributed by atoms with E-state index in [9.17, 15) is 9.59 Å². The zero-order valence-electron chi connectivity index (χ0n) is 8.04. The fourth-order valence-corrected chi connectivity index (χ4v) is 0.526. The zero-order valence-corrected chi connectivity index (χ0v) is 8.04. The molecule has 1 amide bonds. The van der Waals surface area contributed by atoms with Crippen LogP contribution in [0.25, 0.3) is 0 Å². The first kappa shape index (κ1) is 14.3. The maximum Gasteiger partial charge on any atom is 0.404 e. The first-order chi connectivity index (χ1) is 6.04. The third-order valence-corrected chi connectivity index (χ3v) is 1.21.